The van der Waals surface area contributed by atoms with Gasteiger partial charge in [0.1, 0.15) is 11.4 Å². The highest BCUT2D eigenvalue weighted by atomic mass is 19.1. The molecule has 0 spiro atoms. The Morgan fingerprint density at radius 3 is 2.45 bits per heavy atom. The van der Waals surface area contributed by atoms with Crippen LogP contribution in [0, 0.1) is 11.7 Å². The lowest BCUT2D eigenvalue weighted by atomic mass is 9.95. The minimum atomic E-state index is -1.17. The number of carbonyl (C=O) groups excluding carboxylic acids is 1. The van der Waals surface area contributed by atoms with E-state index in [2.05, 4.69) is 5.32 Å². The largest absolute Gasteiger partial charge is 0.480 e. The molecule has 1 amide bonds. The third-order valence-corrected chi connectivity index (χ3v) is 3.79. The first-order valence-corrected chi connectivity index (χ1v) is 6.70. The molecule has 20 heavy (non-hydrogen) atoms. The average molecular weight is 279 g/mol. The molecular formula is C15H18FNO3. The maximum atomic E-state index is 12.7. The minimum Gasteiger partial charge on any atom is -0.480 e. The number of aliphatic carboxylic acids is 1. The van der Waals surface area contributed by atoms with Gasteiger partial charge in [-0.1, -0.05) is 12.1 Å². The van der Waals surface area contributed by atoms with Gasteiger partial charge in [-0.3, -0.25) is 4.79 Å². The van der Waals surface area contributed by atoms with E-state index >= 15 is 0 Å². The SMILES string of the molecule is CC(NC(=O)CCc1ccc(F)cc1)(C(=O)O)C1CC1. The van der Waals surface area contributed by atoms with Crippen LogP contribution in [0.2, 0.25) is 0 Å². The van der Waals surface area contributed by atoms with Crippen LogP contribution in [0.5, 0.6) is 0 Å². The van der Waals surface area contributed by atoms with Crippen molar-refractivity contribution in [1.29, 1.82) is 0 Å². The number of hydrogen-bond acceptors (Lipinski definition) is 2. The van der Waals surface area contributed by atoms with Crippen molar-refractivity contribution in [2.45, 2.75) is 38.1 Å². The summed E-state index contributed by atoms with van der Waals surface area (Å²) < 4.78 is 12.7. The third-order valence-electron chi connectivity index (χ3n) is 3.79. The van der Waals surface area contributed by atoms with Crippen LogP contribution in [-0.4, -0.2) is 22.5 Å². The lowest BCUT2D eigenvalue weighted by Gasteiger charge is -2.26. The van der Waals surface area contributed by atoms with Crippen LogP contribution < -0.4 is 5.32 Å². The first-order chi connectivity index (χ1) is 9.41. The van der Waals surface area contributed by atoms with Crippen LogP contribution in [0.1, 0.15) is 31.7 Å². The molecule has 0 heterocycles. The Hall–Kier alpha value is -1.91. The number of carboxylic acids is 1. The Balaban J connectivity index is 1.88. The summed E-state index contributed by atoms with van der Waals surface area (Å²) >= 11 is 0. The number of hydrogen-bond donors (Lipinski definition) is 2. The summed E-state index contributed by atoms with van der Waals surface area (Å²) in [5.41, 5.74) is -0.315. The quantitative estimate of drug-likeness (QED) is 0.838. The van der Waals surface area contributed by atoms with Crippen molar-refractivity contribution in [3.63, 3.8) is 0 Å². The van der Waals surface area contributed by atoms with Crippen LogP contribution in [0.4, 0.5) is 4.39 Å². The molecule has 4 nitrogen and oxygen atoms in total. The number of halogens is 1. The third kappa shape index (κ3) is 3.35. The molecule has 1 unspecified atom stereocenters. The van der Waals surface area contributed by atoms with Gasteiger partial charge in [-0.25, -0.2) is 9.18 Å². The first-order valence-electron chi connectivity index (χ1n) is 6.70. The van der Waals surface area contributed by atoms with E-state index in [0.717, 1.165) is 18.4 Å². The fourth-order valence-corrected chi connectivity index (χ4v) is 2.25. The number of benzene rings is 1. The van der Waals surface area contributed by atoms with Gasteiger partial charge in [0.15, 0.2) is 0 Å². The molecule has 1 aliphatic carbocycles. The number of carboxylic acid groups (broad SMARTS) is 1. The van der Waals surface area contributed by atoms with Crippen molar-refractivity contribution in [3.05, 3.63) is 35.6 Å². The molecule has 1 aromatic rings. The smallest absolute Gasteiger partial charge is 0.329 e. The van der Waals surface area contributed by atoms with Gasteiger partial charge in [-0.05, 0) is 49.8 Å². The highest BCUT2D eigenvalue weighted by molar-refractivity contribution is 5.87. The lowest BCUT2D eigenvalue weighted by Crippen LogP contribution is -2.54. The predicted octanol–water partition coefficient (Wildman–Crippen LogP) is 2.13. The second-order valence-electron chi connectivity index (χ2n) is 5.46. The van der Waals surface area contributed by atoms with E-state index in [1.165, 1.54) is 12.1 Å². The molecule has 0 bridgehead atoms. The van der Waals surface area contributed by atoms with Crippen LogP contribution in [0.15, 0.2) is 24.3 Å². The van der Waals surface area contributed by atoms with Crippen LogP contribution in [0.3, 0.4) is 0 Å². The lowest BCUT2D eigenvalue weighted by molar-refractivity contribution is -0.147. The summed E-state index contributed by atoms with van der Waals surface area (Å²) in [5, 5.41) is 11.9. The molecule has 1 aliphatic rings. The summed E-state index contributed by atoms with van der Waals surface area (Å²) in [6, 6.07) is 5.94. The van der Waals surface area contributed by atoms with Gasteiger partial charge >= 0.3 is 5.97 Å². The number of aryl methyl sites for hydroxylation is 1. The van der Waals surface area contributed by atoms with Gasteiger partial charge in [0.2, 0.25) is 5.91 Å². The van der Waals surface area contributed by atoms with Crippen LogP contribution >= 0.6 is 0 Å². The van der Waals surface area contributed by atoms with Gasteiger partial charge < -0.3 is 10.4 Å². The summed E-state index contributed by atoms with van der Waals surface area (Å²) in [7, 11) is 0. The van der Waals surface area contributed by atoms with E-state index in [1.54, 1.807) is 19.1 Å². The number of amides is 1. The van der Waals surface area contributed by atoms with E-state index in [0.29, 0.717) is 6.42 Å². The molecule has 1 saturated carbocycles. The normalized spacial score (nSPS) is 17.3. The zero-order valence-corrected chi connectivity index (χ0v) is 11.4. The highest BCUT2D eigenvalue weighted by Gasteiger charge is 2.48. The number of carbonyl (C=O) groups is 2. The van der Waals surface area contributed by atoms with Gasteiger partial charge in [-0.2, -0.15) is 0 Å². The fraction of sp³-hybridized carbons (Fsp3) is 0.467. The standard InChI is InChI=1S/C15H18FNO3/c1-15(14(19)20,11-5-6-11)17-13(18)9-4-10-2-7-12(16)8-3-10/h2-3,7-8,11H,4-6,9H2,1H3,(H,17,18)(H,19,20). The van der Waals surface area contributed by atoms with Crippen molar-refractivity contribution < 1.29 is 19.1 Å². The van der Waals surface area contributed by atoms with E-state index in [4.69, 9.17) is 0 Å². The Morgan fingerprint density at radius 1 is 1.35 bits per heavy atom. The molecule has 0 radical (unpaired) electrons. The zero-order chi connectivity index (χ0) is 14.8. The van der Waals surface area contributed by atoms with Crippen molar-refractivity contribution in [2.75, 3.05) is 0 Å². The average Bonchev–Trinajstić information content (AvgIpc) is 3.22. The molecule has 0 aliphatic heterocycles. The molecule has 2 N–H and O–H groups in total. The summed E-state index contributed by atoms with van der Waals surface area (Å²) in [5.74, 6) is -1.57. The molecule has 0 saturated heterocycles. The highest BCUT2D eigenvalue weighted by Crippen LogP contribution is 2.39. The second kappa shape index (κ2) is 5.61. The maximum absolute atomic E-state index is 12.7. The van der Waals surface area contributed by atoms with E-state index in [9.17, 15) is 19.1 Å². The molecule has 1 aromatic carbocycles. The Kier molecular flexibility index (Phi) is 4.06. The summed E-state index contributed by atoms with van der Waals surface area (Å²) in [6.45, 7) is 1.56. The Bertz CT molecular complexity index is 510. The topological polar surface area (TPSA) is 66.4 Å². The monoisotopic (exact) mass is 279 g/mol. The predicted molar refractivity (Wildman–Crippen MR) is 71.6 cm³/mol. The maximum Gasteiger partial charge on any atom is 0.329 e. The van der Waals surface area contributed by atoms with Crippen molar-refractivity contribution in [1.82, 2.24) is 5.32 Å². The van der Waals surface area contributed by atoms with Gasteiger partial charge in [0.05, 0.1) is 0 Å². The van der Waals surface area contributed by atoms with Gasteiger partial charge in [0.25, 0.3) is 0 Å². The molecule has 5 heteroatoms. The van der Waals surface area contributed by atoms with Crippen molar-refractivity contribution in [2.24, 2.45) is 5.92 Å². The van der Waals surface area contributed by atoms with E-state index in [1.807, 2.05) is 0 Å². The van der Waals surface area contributed by atoms with Crippen LogP contribution in [0.25, 0.3) is 0 Å². The molecule has 108 valence electrons. The van der Waals surface area contributed by atoms with Crippen molar-refractivity contribution in [3.8, 4) is 0 Å². The van der Waals surface area contributed by atoms with Gasteiger partial charge in [0, 0.05) is 6.42 Å². The molecule has 1 fully saturated rings. The van der Waals surface area contributed by atoms with Crippen LogP contribution in [-0.2, 0) is 16.0 Å². The zero-order valence-electron chi connectivity index (χ0n) is 11.4. The molecule has 0 aromatic heterocycles. The fourth-order valence-electron chi connectivity index (χ4n) is 2.25. The Morgan fingerprint density at radius 2 is 1.95 bits per heavy atom. The van der Waals surface area contributed by atoms with Crippen molar-refractivity contribution >= 4 is 11.9 Å². The summed E-state index contributed by atoms with van der Waals surface area (Å²) in [4.78, 5) is 23.2. The van der Waals surface area contributed by atoms with Gasteiger partial charge in [-0.15, -0.1) is 0 Å². The summed E-state index contributed by atoms with van der Waals surface area (Å²) in [6.07, 6.45) is 2.33. The number of nitrogens with one attached hydrogen (secondary N) is 1. The molecule has 2 rings (SSSR count). The first kappa shape index (κ1) is 14.5. The molecule has 1 atom stereocenters. The Labute approximate surface area is 117 Å². The van der Waals surface area contributed by atoms with E-state index in [-0.39, 0.29) is 24.1 Å². The second-order valence-corrected chi connectivity index (χ2v) is 5.46. The van der Waals surface area contributed by atoms with E-state index < -0.39 is 11.5 Å². The molecular weight excluding hydrogens is 261 g/mol. The minimum absolute atomic E-state index is 0.0229. The number of rotatable bonds is 6.